The van der Waals surface area contributed by atoms with Gasteiger partial charge in [-0.2, -0.15) is 0 Å². The van der Waals surface area contributed by atoms with Crippen molar-refractivity contribution in [2.45, 2.75) is 12.1 Å². The fourth-order valence-corrected chi connectivity index (χ4v) is 3.52. The van der Waals surface area contributed by atoms with E-state index in [9.17, 15) is 45.0 Å². The maximum absolute atomic E-state index is 11.2. The summed E-state index contributed by atoms with van der Waals surface area (Å²) < 4.78 is 0. The Hall–Kier alpha value is -0.610. The molecule has 1 heterocycles. The molecule has 1 saturated heterocycles. The summed E-state index contributed by atoms with van der Waals surface area (Å²) in [4.78, 5) is 39.8. The largest absolute Gasteiger partial charge is 2.00 e. The molecule has 0 saturated carbocycles. The van der Waals surface area contributed by atoms with E-state index in [1.807, 2.05) is 0 Å². The number of aliphatic hydroxyl groups excluding tert-OH is 3. The summed E-state index contributed by atoms with van der Waals surface area (Å²) in [7, 11) is 0. The molecule has 0 aromatic heterocycles. The molecule has 0 bridgehead atoms. The molecule has 4 N–H and O–H groups in total. The van der Waals surface area contributed by atoms with Crippen LogP contribution in [0.5, 0.6) is 0 Å². The normalized spacial score (nSPS) is 20.3. The Morgan fingerprint density at radius 3 is 1.41 bits per heavy atom. The first-order chi connectivity index (χ1) is 14.7. The van der Waals surface area contributed by atoms with E-state index >= 15 is 0 Å². The van der Waals surface area contributed by atoms with E-state index in [0.717, 1.165) is 0 Å². The molecule has 0 aliphatic carbocycles. The minimum atomic E-state index is -1.30. The van der Waals surface area contributed by atoms with Crippen molar-refractivity contribution < 1.29 is 45.0 Å². The van der Waals surface area contributed by atoms with Crippen LogP contribution in [-0.4, -0.2) is 193 Å². The van der Waals surface area contributed by atoms with Gasteiger partial charge in [0.05, 0.1) is 43.8 Å². The molecule has 14 heteroatoms. The second-order valence-corrected chi connectivity index (χ2v) is 7.50. The zero-order valence-corrected chi connectivity index (χ0v) is 20.4. The standard InChI is InChI=1S/C18H34N4O9.Ca/c23-12-14(15(25)13-24)22-7-5-20(10-17(28)29)3-1-19(9-16(26)27)2-4-21(6-8-22)11-18(30)31;/h14-15,23-25H,1-13H2,(H,26,27)(H,28,29)(H,30,31);/q;+2/p-2/t14-,15+;/m1./s1. The van der Waals surface area contributed by atoms with Gasteiger partial charge in [-0.25, -0.2) is 0 Å². The second kappa shape index (κ2) is 16.9. The van der Waals surface area contributed by atoms with Crippen molar-refractivity contribution in [2.75, 3.05) is 85.2 Å². The molecule has 1 aliphatic heterocycles. The average molecular weight is 489 g/mol. The van der Waals surface area contributed by atoms with Gasteiger partial charge in [-0.15, -0.1) is 0 Å². The second-order valence-electron chi connectivity index (χ2n) is 7.50. The van der Waals surface area contributed by atoms with Gasteiger partial charge < -0.3 is 40.2 Å². The minimum absolute atomic E-state index is 0. The van der Waals surface area contributed by atoms with E-state index in [-0.39, 0.29) is 110 Å². The molecule has 0 aromatic rings. The molecule has 13 nitrogen and oxygen atoms in total. The molecule has 32 heavy (non-hydrogen) atoms. The molecule has 1 fully saturated rings. The number of carboxylic acids is 3. The van der Waals surface area contributed by atoms with E-state index in [0.29, 0.717) is 0 Å². The SMILES string of the molecule is O=C([O-])CN1CCN(CC(=O)[O-])CCN([C@H](CO)[C@@H](O)CO)CCN(CC(=O)O)CC1.[Ca+2]. The Bertz CT molecular complexity index is 555. The third-order valence-electron chi connectivity index (χ3n) is 5.22. The number of carbonyl (C=O) groups excluding carboxylic acids is 2. The summed E-state index contributed by atoms with van der Waals surface area (Å²) >= 11 is 0. The molecule has 1 aliphatic rings. The number of carbonyl (C=O) groups is 3. The molecule has 0 aromatic carbocycles. The molecule has 180 valence electrons. The van der Waals surface area contributed by atoms with Crippen LogP contribution in [0.15, 0.2) is 0 Å². The maximum atomic E-state index is 11.2. The van der Waals surface area contributed by atoms with E-state index in [4.69, 9.17) is 0 Å². The predicted molar refractivity (Wildman–Crippen MR) is 108 cm³/mol. The van der Waals surface area contributed by atoms with E-state index < -0.39 is 43.3 Å². The Balaban J connectivity index is 0.00000961. The third kappa shape index (κ3) is 12.6. The Morgan fingerprint density at radius 2 is 1.09 bits per heavy atom. The zero-order valence-electron chi connectivity index (χ0n) is 18.2. The quantitative estimate of drug-likeness (QED) is 0.212. The Labute approximate surface area is 216 Å². The number of hydrogen-bond acceptors (Lipinski definition) is 12. The summed E-state index contributed by atoms with van der Waals surface area (Å²) in [6.45, 7) is -0.299. The van der Waals surface area contributed by atoms with E-state index in [1.165, 1.54) is 0 Å². The summed E-state index contributed by atoms with van der Waals surface area (Å²) in [5.41, 5.74) is 0. The molecule has 1 rings (SSSR count). The van der Waals surface area contributed by atoms with Crippen molar-refractivity contribution in [3.63, 3.8) is 0 Å². The minimum Gasteiger partial charge on any atom is -0.549 e. The van der Waals surface area contributed by atoms with Gasteiger partial charge in [0.15, 0.2) is 0 Å². The Kier molecular flexibility index (Phi) is 16.6. The first-order valence-electron chi connectivity index (χ1n) is 10.1. The topological polar surface area (TPSA) is 191 Å². The molecule has 0 radical (unpaired) electrons. The van der Waals surface area contributed by atoms with Crippen LogP contribution in [-0.2, 0) is 14.4 Å². The van der Waals surface area contributed by atoms with Crippen molar-refractivity contribution in [1.29, 1.82) is 0 Å². The molecule has 0 unspecified atom stereocenters. The van der Waals surface area contributed by atoms with E-state index in [1.54, 1.807) is 19.6 Å². The van der Waals surface area contributed by atoms with Gasteiger partial charge in [0.25, 0.3) is 0 Å². The van der Waals surface area contributed by atoms with E-state index in [2.05, 4.69) is 0 Å². The van der Waals surface area contributed by atoms with Gasteiger partial charge in [-0.05, 0) is 0 Å². The van der Waals surface area contributed by atoms with Crippen LogP contribution < -0.4 is 10.2 Å². The third-order valence-corrected chi connectivity index (χ3v) is 5.22. The first-order valence-corrected chi connectivity index (χ1v) is 10.1. The monoisotopic (exact) mass is 488 g/mol. The molecular formula is C18H32CaN4O9. The smallest absolute Gasteiger partial charge is 0.549 e. The maximum Gasteiger partial charge on any atom is 2.00 e. The van der Waals surface area contributed by atoms with Gasteiger partial charge in [0.2, 0.25) is 0 Å². The number of rotatable bonds is 10. The number of aliphatic carboxylic acids is 3. The van der Waals surface area contributed by atoms with Crippen molar-refractivity contribution in [1.82, 2.24) is 19.6 Å². The van der Waals surface area contributed by atoms with Crippen LogP contribution in [0.3, 0.4) is 0 Å². The number of nitrogens with zero attached hydrogens (tertiary/aromatic N) is 4. The van der Waals surface area contributed by atoms with Crippen LogP contribution in [0.25, 0.3) is 0 Å². The molecule has 2 atom stereocenters. The number of hydrogen-bond donors (Lipinski definition) is 4. The average Bonchev–Trinajstić information content (AvgIpc) is 2.68. The summed E-state index contributed by atoms with van der Waals surface area (Å²) in [5.74, 6) is -3.65. The van der Waals surface area contributed by atoms with Crippen molar-refractivity contribution in [3.05, 3.63) is 0 Å². The van der Waals surface area contributed by atoms with Crippen molar-refractivity contribution >= 4 is 55.6 Å². The van der Waals surface area contributed by atoms with Crippen LogP contribution in [0.4, 0.5) is 0 Å². The van der Waals surface area contributed by atoms with Crippen molar-refractivity contribution in [3.8, 4) is 0 Å². The van der Waals surface area contributed by atoms with Gasteiger partial charge in [-0.1, -0.05) is 0 Å². The zero-order chi connectivity index (χ0) is 23.4. The summed E-state index contributed by atoms with van der Waals surface area (Å²) in [6, 6.07) is -0.820. The van der Waals surface area contributed by atoms with Crippen LogP contribution in [0.1, 0.15) is 0 Å². The number of carboxylic acid groups (broad SMARTS) is 3. The Morgan fingerprint density at radius 1 is 0.719 bits per heavy atom. The van der Waals surface area contributed by atoms with Crippen LogP contribution in [0.2, 0.25) is 0 Å². The van der Waals surface area contributed by atoms with Crippen LogP contribution in [0, 0.1) is 0 Å². The predicted octanol–water partition coefficient (Wildman–Crippen LogP) is -6.87. The van der Waals surface area contributed by atoms with Gasteiger partial charge in [-0.3, -0.25) is 24.4 Å². The van der Waals surface area contributed by atoms with Crippen LogP contribution >= 0.6 is 0 Å². The molecule has 0 amide bonds. The summed E-state index contributed by atoms with van der Waals surface area (Å²) in [5, 5.41) is 60.4. The van der Waals surface area contributed by atoms with Gasteiger partial charge in [0.1, 0.15) is 0 Å². The summed E-state index contributed by atoms with van der Waals surface area (Å²) in [6.07, 6.45) is -1.24. The van der Waals surface area contributed by atoms with Gasteiger partial charge >= 0.3 is 43.7 Å². The first kappa shape index (κ1) is 31.4. The van der Waals surface area contributed by atoms with Gasteiger partial charge in [0, 0.05) is 65.4 Å². The molecular weight excluding hydrogens is 456 g/mol. The fraction of sp³-hybridized carbons (Fsp3) is 0.833. The van der Waals surface area contributed by atoms with Crippen molar-refractivity contribution in [2.24, 2.45) is 0 Å². The fourth-order valence-electron chi connectivity index (χ4n) is 3.52. The molecule has 0 spiro atoms. The number of aliphatic hydroxyl groups is 3.